The molecule has 0 unspecified atom stereocenters. The van der Waals surface area contributed by atoms with Crippen molar-refractivity contribution in [2.75, 3.05) is 5.73 Å². The molecule has 5 nitrogen and oxygen atoms in total. The van der Waals surface area contributed by atoms with Crippen molar-refractivity contribution in [2.45, 2.75) is 6.43 Å². The number of carboxylic acids is 1. The monoisotopic (exact) mass is 178 g/mol. The highest BCUT2D eigenvalue weighted by Gasteiger charge is 2.25. The Morgan fingerprint density at radius 3 is 2.58 bits per heavy atom. The molecule has 7 heteroatoms. The van der Waals surface area contributed by atoms with E-state index < -0.39 is 29.9 Å². The molecular weight excluding hydrogens is 174 g/mol. The zero-order chi connectivity index (χ0) is 9.30. The van der Waals surface area contributed by atoms with E-state index in [9.17, 15) is 13.6 Å². The summed E-state index contributed by atoms with van der Waals surface area (Å²) >= 11 is 0. The lowest BCUT2D eigenvalue weighted by atomic mass is 10.3. The molecule has 0 amide bonds. The minimum Gasteiger partial charge on any atom is -0.475 e. The molecule has 0 spiro atoms. The first kappa shape index (κ1) is 8.44. The Labute approximate surface area is 64.8 Å². The molecule has 3 N–H and O–H groups in total. The number of carbonyl (C=O) groups is 1. The van der Waals surface area contributed by atoms with E-state index in [2.05, 4.69) is 9.40 Å². The third kappa shape index (κ3) is 1.34. The summed E-state index contributed by atoms with van der Waals surface area (Å²) in [6, 6.07) is -0.581. The average molecular weight is 178 g/mol. The molecule has 1 heterocycles. The zero-order valence-corrected chi connectivity index (χ0v) is 5.62. The summed E-state index contributed by atoms with van der Waals surface area (Å²) in [5, 5.41) is 8.31. The lowest BCUT2D eigenvalue weighted by molar-refractivity contribution is 0.0647. The molecule has 0 aliphatic rings. The van der Waals surface area contributed by atoms with Crippen LogP contribution in [0.5, 0.6) is 0 Å². The normalized spacial score (nSPS) is 10.6. The Morgan fingerprint density at radius 2 is 2.25 bits per heavy atom. The first-order valence-electron chi connectivity index (χ1n) is 2.80. The van der Waals surface area contributed by atoms with Crippen molar-refractivity contribution in [2.24, 2.45) is 0 Å². The number of aromatic nitrogens is 1. The summed E-state index contributed by atoms with van der Waals surface area (Å²) in [6.07, 6.45) is -3.00. The second kappa shape index (κ2) is 2.76. The molecule has 0 fully saturated rings. The maximum atomic E-state index is 12.0. The molecule has 0 aliphatic heterocycles. The van der Waals surface area contributed by atoms with Crippen molar-refractivity contribution >= 4 is 12.0 Å². The number of hydrogen-bond acceptors (Lipinski definition) is 4. The summed E-state index contributed by atoms with van der Waals surface area (Å²) in [7, 11) is 0. The molecule has 0 radical (unpaired) electrons. The number of nitrogens with two attached hydrogens (primary N) is 1. The van der Waals surface area contributed by atoms with Crippen molar-refractivity contribution in [3.63, 3.8) is 0 Å². The minimum atomic E-state index is -3.00. The van der Waals surface area contributed by atoms with E-state index >= 15 is 0 Å². The molecule has 1 aromatic heterocycles. The highest BCUT2D eigenvalue weighted by atomic mass is 19.3. The van der Waals surface area contributed by atoms with Gasteiger partial charge in [0.15, 0.2) is 5.69 Å². The molecule has 0 aliphatic carbocycles. The number of anilines is 1. The van der Waals surface area contributed by atoms with Gasteiger partial charge in [0.05, 0.1) is 0 Å². The summed E-state index contributed by atoms with van der Waals surface area (Å²) in [5.41, 5.74) is 3.94. The molecule has 0 atom stereocenters. The summed E-state index contributed by atoms with van der Waals surface area (Å²) in [4.78, 5) is 13.2. The van der Waals surface area contributed by atoms with E-state index in [1.54, 1.807) is 0 Å². The van der Waals surface area contributed by atoms with Gasteiger partial charge in [-0.2, -0.15) is 4.98 Å². The Balaban J connectivity index is 3.17. The minimum absolute atomic E-state index is 0.581. The molecule has 12 heavy (non-hydrogen) atoms. The summed E-state index contributed by atoms with van der Waals surface area (Å²) in [5.74, 6) is -2.53. The maximum absolute atomic E-state index is 12.0. The van der Waals surface area contributed by atoms with Gasteiger partial charge in [0, 0.05) is 0 Å². The molecular formula is C5H4F2N2O3. The predicted octanol–water partition coefficient (Wildman–Crippen LogP) is 0.893. The van der Waals surface area contributed by atoms with Gasteiger partial charge < -0.3 is 15.3 Å². The van der Waals surface area contributed by atoms with Crippen LogP contribution >= 0.6 is 0 Å². The highest BCUT2D eigenvalue weighted by Crippen LogP contribution is 2.23. The Bertz CT molecular complexity index is 310. The first-order valence-corrected chi connectivity index (χ1v) is 2.80. The number of rotatable bonds is 2. The van der Waals surface area contributed by atoms with Gasteiger partial charge in [0.1, 0.15) is 0 Å². The SMILES string of the molecule is Nc1nc(C(F)F)c(C(=O)O)o1. The van der Waals surface area contributed by atoms with E-state index in [-0.39, 0.29) is 0 Å². The quantitative estimate of drug-likeness (QED) is 0.701. The Morgan fingerprint density at radius 1 is 1.67 bits per heavy atom. The van der Waals surface area contributed by atoms with Gasteiger partial charge in [-0.1, -0.05) is 0 Å². The number of nitrogen functional groups attached to an aromatic ring is 1. The lowest BCUT2D eigenvalue weighted by Crippen LogP contribution is -1.99. The molecule has 66 valence electrons. The van der Waals surface area contributed by atoms with E-state index in [1.165, 1.54) is 0 Å². The van der Waals surface area contributed by atoms with Crippen molar-refractivity contribution in [1.29, 1.82) is 0 Å². The first-order chi connectivity index (χ1) is 5.52. The van der Waals surface area contributed by atoms with Gasteiger partial charge in [0.25, 0.3) is 12.4 Å². The van der Waals surface area contributed by atoms with Crippen LogP contribution in [0.25, 0.3) is 0 Å². The van der Waals surface area contributed by atoms with E-state index in [0.717, 1.165) is 0 Å². The third-order valence-electron chi connectivity index (χ3n) is 1.07. The molecule has 1 rings (SSSR count). The fourth-order valence-corrected chi connectivity index (χ4v) is 0.650. The maximum Gasteiger partial charge on any atom is 0.374 e. The fraction of sp³-hybridized carbons (Fsp3) is 0.200. The largest absolute Gasteiger partial charge is 0.475 e. The van der Waals surface area contributed by atoms with E-state index in [0.29, 0.717) is 0 Å². The number of alkyl halides is 2. The molecule has 0 saturated carbocycles. The topological polar surface area (TPSA) is 89.3 Å². The van der Waals surface area contributed by atoms with Gasteiger partial charge >= 0.3 is 5.97 Å². The van der Waals surface area contributed by atoms with Gasteiger partial charge in [-0.25, -0.2) is 13.6 Å². The van der Waals surface area contributed by atoms with Crippen molar-refractivity contribution in [3.05, 3.63) is 11.5 Å². The van der Waals surface area contributed by atoms with Crippen molar-refractivity contribution in [3.8, 4) is 0 Å². The van der Waals surface area contributed by atoms with Gasteiger partial charge in [-0.15, -0.1) is 0 Å². The number of oxazole rings is 1. The number of aromatic carboxylic acids is 1. The number of nitrogens with zero attached hydrogens (tertiary/aromatic N) is 1. The second-order valence-electron chi connectivity index (χ2n) is 1.87. The summed E-state index contributed by atoms with van der Waals surface area (Å²) < 4.78 is 28.1. The number of halogens is 2. The van der Waals surface area contributed by atoms with E-state index in [4.69, 9.17) is 10.8 Å². The van der Waals surface area contributed by atoms with Gasteiger partial charge in [-0.3, -0.25) is 0 Å². The van der Waals surface area contributed by atoms with Crippen LogP contribution in [0, 0.1) is 0 Å². The van der Waals surface area contributed by atoms with Crippen LogP contribution in [0.2, 0.25) is 0 Å². The molecule has 0 bridgehead atoms. The fourth-order valence-electron chi connectivity index (χ4n) is 0.650. The molecule has 0 saturated heterocycles. The second-order valence-corrected chi connectivity index (χ2v) is 1.87. The van der Waals surface area contributed by atoms with Crippen LogP contribution in [0.1, 0.15) is 22.7 Å². The van der Waals surface area contributed by atoms with Crippen LogP contribution in [0.15, 0.2) is 4.42 Å². The smallest absolute Gasteiger partial charge is 0.374 e. The standard InChI is InChI=1S/C5H4F2N2O3/c6-3(7)1-2(4(10)11)12-5(8)9-1/h3H,(H2,8,9)(H,10,11). The third-order valence-corrected chi connectivity index (χ3v) is 1.07. The van der Waals surface area contributed by atoms with Crippen LogP contribution in [-0.4, -0.2) is 16.1 Å². The Hall–Kier alpha value is -1.66. The van der Waals surface area contributed by atoms with Crippen LogP contribution in [-0.2, 0) is 0 Å². The zero-order valence-electron chi connectivity index (χ0n) is 5.62. The van der Waals surface area contributed by atoms with E-state index in [1.807, 2.05) is 0 Å². The predicted molar refractivity (Wildman–Crippen MR) is 32.8 cm³/mol. The van der Waals surface area contributed by atoms with Crippen LogP contribution in [0.4, 0.5) is 14.8 Å². The molecule has 0 aromatic carbocycles. The number of hydrogen-bond donors (Lipinski definition) is 2. The van der Waals surface area contributed by atoms with Crippen molar-refractivity contribution < 1.29 is 23.1 Å². The Kier molecular flexibility index (Phi) is 1.94. The van der Waals surface area contributed by atoms with Crippen molar-refractivity contribution in [1.82, 2.24) is 4.98 Å². The lowest BCUT2D eigenvalue weighted by Gasteiger charge is -1.91. The van der Waals surface area contributed by atoms with Gasteiger partial charge in [-0.05, 0) is 0 Å². The summed E-state index contributed by atoms with van der Waals surface area (Å²) in [6.45, 7) is 0. The highest BCUT2D eigenvalue weighted by molar-refractivity contribution is 5.85. The van der Waals surface area contributed by atoms with Crippen LogP contribution in [0.3, 0.4) is 0 Å². The average Bonchev–Trinajstić information content (AvgIpc) is 2.31. The molecule has 1 aromatic rings. The van der Waals surface area contributed by atoms with Gasteiger partial charge in [0.2, 0.25) is 5.76 Å². The number of carboxylic acid groups (broad SMARTS) is 1. The van der Waals surface area contributed by atoms with Crippen LogP contribution < -0.4 is 5.73 Å².